The molecule has 0 fully saturated rings. The summed E-state index contributed by atoms with van der Waals surface area (Å²) < 4.78 is 11.9. The Morgan fingerprint density at radius 3 is 3.00 bits per heavy atom. The molecule has 24 heavy (non-hydrogen) atoms. The lowest BCUT2D eigenvalue weighted by Crippen LogP contribution is -2.40. The van der Waals surface area contributed by atoms with Gasteiger partial charge in [-0.25, -0.2) is 4.68 Å². The first-order valence-electron chi connectivity index (χ1n) is 7.87. The Kier molecular flexibility index (Phi) is 3.48. The first kappa shape index (κ1) is 14.7. The second-order valence-corrected chi connectivity index (χ2v) is 6.06. The van der Waals surface area contributed by atoms with Crippen LogP contribution in [0, 0.1) is 0 Å². The van der Waals surface area contributed by atoms with Crippen LogP contribution in [0.4, 0.5) is 0 Å². The minimum absolute atomic E-state index is 0.00988. The van der Waals surface area contributed by atoms with E-state index in [4.69, 9.17) is 9.47 Å². The number of benzene rings is 1. The topological polar surface area (TPSA) is 82.5 Å². The van der Waals surface area contributed by atoms with E-state index in [-0.39, 0.29) is 24.3 Å². The van der Waals surface area contributed by atoms with Gasteiger partial charge in [-0.15, -0.1) is 0 Å². The minimum atomic E-state index is -0.154. The van der Waals surface area contributed by atoms with Gasteiger partial charge in [0.25, 0.3) is 11.5 Å². The molecular formula is C17H17N3O4. The second-order valence-electron chi connectivity index (χ2n) is 6.06. The smallest absolute Gasteiger partial charge is 0.266 e. The summed E-state index contributed by atoms with van der Waals surface area (Å²) in [4.78, 5) is 24.2. The van der Waals surface area contributed by atoms with Crippen LogP contribution in [0.25, 0.3) is 0 Å². The van der Waals surface area contributed by atoms with Gasteiger partial charge in [0, 0.05) is 24.7 Å². The molecule has 1 N–H and O–H groups in total. The number of amides is 1. The van der Waals surface area contributed by atoms with Crippen molar-refractivity contribution < 1.29 is 14.3 Å². The van der Waals surface area contributed by atoms with Crippen molar-refractivity contribution >= 4 is 5.91 Å². The van der Waals surface area contributed by atoms with Gasteiger partial charge in [-0.1, -0.05) is 0 Å². The Hall–Kier alpha value is -2.83. The number of nitrogens with zero attached hydrogens (tertiary/aromatic N) is 2. The third kappa shape index (κ3) is 2.62. The number of carbonyl (C=O) groups is 1. The fourth-order valence-electron chi connectivity index (χ4n) is 3.12. The van der Waals surface area contributed by atoms with Gasteiger partial charge < -0.3 is 14.8 Å². The summed E-state index contributed by atoms with van der Waals surface area (Å²) in [5, 5.41) is 7.31. The highest BCUT2D eigenvalue weighted by molar-refractivity contribution is 5.95. The van der Waals surface area contributed by atoms with E-state index in [2.05, 4.69) is 10.4 Å². The van der Waals surface area contributed by atoms with E-state index in [0.29, 0.717) is 23.5 Å². The van der Waals surface area contributed by atoms with E-state index >= 15 is 0 Å². The molecule has 7 nitrogen and oxygen atoms in total. The van der Waals surface area contributed by atoms with Crippen molar-refractivity contribution in [2.24, 2.45) is 7.05 Å². The van der Waals surface area contributed by atoms with Crippen molar-refractivity contribution in [2.75, 3.05) is 6.79 Å². The Balaban J connectivity index is 1.49. The number of carbonyl (C=O) groups excluding carboxylic acids is 1. The molecule has 2 aromatic rings. The first-order chi connectivity index (χ1) is 11.6. The van der Waals surface area contributed by atoms with Crippen molar-refractivity contribution in [2.45, 2.75) is 25.3 Å². The minimum Gasteiger partial charge on any atom is -0.454 e. The Bertz CT molecular complexity index is 875. The molecule has 1 aliphatic heterocycles. The summed E-state index contributed by atoms with van der Waals surface area (Å²) in [6.07, 6.45) is 2.17. The van der Waals surface area contributed by atoms with Crippen molar-refractivity contribution in [1.82, 2.24) is 15.1 Å². The zero-order chi connectivity index (χ0) is 16.7. The van der Waals surface area contributed by atoms with Crippen LogP contribution in [0.2, 0.25) is 0 Å². The molecule has 2 heterocycles. The number of fused-ring (bicyclic) bond motifs is 2. The quantitative estimate of drug-likeness (QED) is 0.882. The lowest BCUT2D eigenvalue weighted by Gasteiger charge is -2.24. The van der Waals surface area contributed by atoms with Gasteiger partial charge in [-0.3, -0.25) is 9.59 Å². The fraction of sp³-hybridized carbons (Fsp3) is 0.353. The number of aryl methyl sites for hydroxylation is 2. The molecule has 1 atom stereocenters. The molecule has 0 unspecified atom stereocenters. The van der Waals surface area contributed by atoms with Crippen molar-refractivity contribution in [3.8, 4) is 11.5 Å². The van der Waals surface area contributed by atoms with Crippen LogP contribution in [-0.4, -0.2) is 28.5 Å². The standard InChI is InChI=1S/C17H17N3O4/c1-20-16(21)8-11-6-12(3-4-13(11)19-20)18-17(22)10-2-5-14-15(7-10)24-9-23-14/h2,5,7-8,12H,3-4,6,9H2,1H3,(H,18,22)/t12-/m1/s1. The number of hydrogen-bond donors (Lipinski definition) is 1. The summed E-state index contributed by atoms with van der Waals surface area (Å²) in [5.41, 5.74) is 2.26. The molecule has 1 aromatic heterocycles. The summed E-state index contributed by atoms with van der Waals surface area (Å²) in [5.74, 6) is 1.09. The highest BCUT2D eigenvalue weighted by Crippen LogP contribution is 2.32. The van der Waals surface area contributed by atoms with Crippen LogP contribution in [0.1, 0.15) is 28.0 Å². The third-order valence-corrected chi connectivity index (χ3v) is 4.42. The summed E-state index contributed by atoms with van der Waals surface area (Å²) in [6, 6.07) is 6.75. The van der Waals surface area contributed by atoms with E-state index in [9.17, 15) is 9.59 Å². The molecule has 0 bridgehead atoms. The molecule has 0 radical (unpaired) electrons. The number of rotatable bonds is 2. The van der Waals surface area contributed by atoms with Gasteiger partial charge in [-0.2, -0.15) is 5.10 Å². The zero-order valence-electron chi connectivity index (χ0n) is 13.2. The predicted molar refractivity (Wildman–Crippen MR) is 85.3 cm³/mol. The maximum Gasteiger partial charge on any atom is 0.266 e. The van der Waals surface area contributed by atoms with Gasteiger partial charge in [0.05, 0.1) is 5.69 Å². The summed E-state index contributed by atoms with van der Waals surface area (Å²) in [7, 11) is 1.65. The third-order valence-electron chi connectivity index (χ3n) is 4.42. The molecular weight excluding hydrogens is 310 g/mol. The lowest BCUT2D eigenvalue weighted by molar-refractivity contribution is 0.0933. The van der Waals surface area contributed by atoms with Crippen LogP contribution in [0.15, 0.2) is 29.1 Å². The number of aromatic nitrogens is 2. The highest BCUT2D eigenvalue weighted by atomic mass is 16.7. The van der Waals surface area contributed by atoms with E-state index in [1.54, 1.807) is 31.3 Å². The predicted octanol–water partition coefficient (Wildman–Crippen LogP) is 0.796. The SMILES string of the molecule is Cn1nc2c(cc1=O)C[C@H](NC(=O)c1ccc3c(c1)OCO3)CC2. The number of ether oxygens (including phenoxy) is 2. The second kappa shape index (κ2) is 5.67. The maximum atomic E-state index is 12.5. The van der Waals surface area contributed by atoms with E-state index in [1.165, 1.54) is 4.68 Å². The summed E-state index contributed by atoms with van der Waals surface area (Å²) >= 11 is 0. The van der Waals surface area contributed by atoms with Crippen LogP contribution in [0.3, 0.4) is 0 Å². The maximum absolute atomic E-state index is 12.5. The Morgan fingerprint density at radius 1 is 1.29 bits per heavy atom. The van der Waals surface area contributed by atoms with Crippen molar-refractivity contribution in [3.63, 3.8) is 0 Å². The molecule has 7 heteroatoms. The van der Waals surface area contributed by atoms with Gasteiger partial charge in [0.15, 0.2) is 11.5 Å². The number of hydrogen-bond acceptors (Lipinski definition) is 5. The zero-order valence-corrected chi connectivity index (χ0v) is 13.2. The average Bonchev–Trinajstić information content (AvgIpc) is 3.03. The molecule has 4 rings (SSSR count). The lowest BCUT2D eigenvalue weighted by atomic mass is 9.92. The van der Waals surface area contributed by atoms with Crippen LogP contribution < -0.4 is 20.3 Å². The van der Waals surface area contributed by atoms with Crippen LogP contribution in [0.5, 0.6) is 11.5 Å². The van der Waals surface area contributed by atoms with Gasteiger partial charge in [0.2, 0.25) is 6.79 Å². The fourth-order valence-corrected chi connectivity index (χ4v) is 3.12. The largest absolute Gasteiger partial charge is 0.454 e. The average molecular weight is 327 g/mol. The molecule has 124 valence electrons. The van der Waals surface area contributed by atoms with Gasteiger partial charge in [0.1, 0.15) is 0 Å². The molecule has 0 saturated carbocycles. The highest BCUT2D eigenvalue weighted by Gasteiger charge is 2.23. The van der Waals surface area contributed by atoms with Crippen LogP contribution in [-0.2, 0) is 19.9 Å². The molecule has 1 amide bonds. The van der Waals surface area contributed by atoms with E-state index < -0.39 is 0 Å². The molecule has 1 aliphatic carbocycles. The van der Waals surface area contributed by atoms with E-state index in [1.807, 2.05) is 0 Å². The molecule has 0 spiro atoms. The summed E-state index contributed by atoms with van der Waals surface area (Å²) in [6.45, 7) is 0.182. The van der Waals surface area contributed by atoms with Crippen molar-refractivity contribution in [3.05, 3.63) is 51.4 Å². The van der Waals surface area contributed by atoms with E-state index in [0.717, 1.165) is 24.1 Å². The molecule has 2 aliphatic rings. The van der Waals surface area contributed by atoms with Crippen molar-refractivity contribution in [1.29, 1.82) is 0 Å². The normalized spacial score (nSPS) is 18.1. The monoisotopic (exact) mass is 327 g/mol. The first-order valence-corrected chi connectivity index (χ1v) is 7.87. The Labute approximate surface area is 138 Å². The molecule has 0 saturated heterocycles. The number of nitrogens with one attached hydrogen (secondary N) is 1. The Morgan fingerprint density at radius 2 is 2.12 bits per heavy atom. The van der Waals surface area contributed by atoms with Crippen LogP contribution >= 0.6 is 0 Å². The van der Waals surface area contributed by atoms with Gasteiger partial charge >= 0.3 is 0 Å². The van der Waals surface area contributed by atoms with Gasteiger partial charge in [-0.05, 0) is 43.0 Å². The molecule has 1 aromatic carbocycles.